The molecule has 0 atom stereocenters. The van der Waals surface area contributed by atoms with E-state index in [1.165, 1.54) is 77.0 Å². The summed E-state index contributed by atoms with van der Waals surface area (Å²) in [6.45, 7) is 0. The smallest absolute Gasteiger partial charge is 0.195 e. The van der Waals surface area contributed by atoms with Gasteiger partial charge >= 0.3 is 0 Å². The van der Waals surface area contributed by atoms with E-state index in [9.17, 15) is 0 Å². The van der Waals surface area contributed by atoms with Gasteiger partial charge in [-0.05, 0) is 225 Å². The summed E-state index contributed by atoms with van der Waals surface area (Å²) >= 11 is 0. The van der Waals surface area contributed by atoms with Crippen molar-refractivity contribution < 1.29 is 0 Å². The third-order valence-electron chi connectivity index (χ3n) is 17.9. The summed E-state index contributed by atoms with van der Waals surface area (Å²) in [7, 11) is 0. The first-order valence-corrected chi connectivity index (χ1v) is 20.6. The second kappa shape index (κ2) is 8.64. The highest BCUT2D eigenvalue weighted by molar-refractivity contribution is 5.83. The number of aliphatic imine (C=N–C) groups is 1. The Labute approximate surface area is 267 Å². The molecule has 16 saturated carbocycles. The van der Waals surface area contributed by atoms with Gasteiger partial charge in [0.2, 0.25) is 0 Å². The van der Waals surface area contributed by atoms with E-state index in [2.05, 4.69) is 4.90 Å². The van der Waals surface area contributed by atoms with Crippen molar-refractivity contribution in [3.63, 3.8) is 0 Å². The quantitative estimate of drug-likeness (QED) is 0.259. The Kier molecular flexibility index (Phi) is 5.16. The van der Waals surface area contributed by atoms with Gasteiger partial charge in [-0.1, -0.05) is 0 Å². The molecule has 16 aliphatic rings. The molecule has 16 rings (SSSR count). The van der Waals surface area contributed by atoms with Gasteiger partial charge in [-0.2, -0.15) is 0 Å². The van der Waals surface area contributed by atoms with Gasteiger partial charge in [0, 0.05) is 16.6 Å². The van der Waals surface area contributed by atoms with Crippen molar-refractivity contribution in [3.8, 4) is 0 Å². The molecule has 240 valence electrons. The Bertz CT molecular complexity index is 1070. The van der Waals surface area contributed by atoms with Crippen LogP contribution >= 0.6 is 0 Å². The van der Waals surface area contributed by atoms with Crippen LogP contribution < -0.4 is 5.32 Å². The molecule has 0 saturated heterocycles. The van der Waals surface area contributed by atoms with Crippen molar-refractivity contribution in [2.45, 2.75) is 176 Å². The molecule has 0 aliphatic heterocycles. The molecule has 0 spiro atoms. The molecule has 0 heterocycles. The van der Waals surface area contributed by atoms with Crippen molar-refractivity contribution in [1.82, 2.24) is 10.2 Å². The molecule has 3 nitrogen and oxygen atoms in total. The second-order valence-electron chi connectivity index (χ2n) is 21.5. The Morgan fingerprint density at radius 1 is 0.386 bits per heavy atom. The number of nitrogens with one attached hydrogen (secondary N) is 1. The molecule has 0 aromatic heterocycles. The standard InChI is InChI=1S/C41H61N3/c1-25-2-27-3-26(1)14-38(13-25,15-27)42-37(43-39-16-28-4-29(17-39)6-30(5-28)18-39)44(40-19-31-7-32(20-40)9-33(8-31)21-40)41-22-34-10-35(23-41)12-36(11-34)24-41/h25-36H,1-24H2,(H,42,43). The van der Waals surface area contributed by atoms with Crippen LogP contribution in [0.1, 0.15) is 154 Å². The fourth-order valence-electron chi connectivity index (χ4n) is 18.7. The summed E-state index contributed by atoms with van der Waals surface area (Å²) in [5.41, 5.74) is 1.45. The van der Waals surface area contributed by atoms with Crippen LogP contribution in [0.5, 0.6) is 0 Å². The SMILES string of the molecule is C1C2CC3CC1CC(N=C(NC14CC5CC(CC(C5)C1)C4)N(C14CC5CC(CC(C5)C1)C4)C14CC5CC(CC(C5)C1)C4)(C2)C3. The lowest BCUT2D eigenvalue weighted by atomic mass is 9.48. The van der Waals surface area contributed by atoms with Crippen LogP contribution in [-0.2, 0) is 0 Å². The predicted octanol–water partition coefficient (Wildman–Crippen LogP) is 9.11. The van der Waals surface area contributed by atoms with Gasteiger partial charge in [0.1, 0.15) is 0 Å². The number of rotatable bonds is 4. The van der Waals surface area contributed by atoms with Crippen molar-refractivity contribution in [2.24, 2.45) is 76.0 Å². The van der Waals surface area contributed by atoms with Crippen LogP contribution in [0.15, 0.2) is 4.99 Å². The maximum absolute atomic E-state index is 6.49. The van der Waals surface area contributed by atoms with Crippen LogP contribution in [0.3, 0.4) is 0 Å². The third-order valence-corrected chi connectivity index (χ3v) is 17.9. The first-order valence-electron chi connectivity index (χ1n) is 20.6. The maximum Gasteiger partial charge on any atom is 0.195 e. The zero-order valence-electron chi connectivity index (χ0n) is 27.8. The van der Waals surface area contributed by atoms with E-state index in [4.69, 9.17) is 10.3 Å². The Balaban J connectivity index is 1.03. The summed E-state index contributed by atoms with van der Waals surface area (Å²) in [6.07, 6.45) is 36.5. The number of hydrogen-bond donors (Lipinski definition) is 1. The Hall–Kier alpha value is -0.730. The van der Waals surface area contributed by atoms with E-state index in [0.717, 1.165) is 71.0 Å². The van der Waals surface area contributed by atoms with E-state index in [0.29, 0.717) is 16.6 Å². The number of hydrogen-bond acceptors (Lipinski definition) is 1. The monoisotopic (exact) mass is 595 g/mol. The van der Waals surface area contributed by atoms with Crippen LogP contribution in [0.25, 0.3) is 0 Å². The summed E-state index contributed by atoms with van der Waals surface area (Å²) in [5.74, 6) is 13.6. The minimum Gasteiger partial charge on any atom is -0.351 e. The van der Waals surface area contributed by atoms with E-state index in [1.807, 2.05) is 0 Å². The van der Waals surface area contributed by atoms with Crippen molar-refractivity contribution >= 4 is 5.96 Å². The fourth-order valence-corrected chi connectivity index (χ4v) is 18.7. The molecule has 16 aliphatic carbocycles. The first kappa shape index (κ1) is 26.3. The molecule has 3 heteroatoms. The van der Waals surface area contributed by atoms with Crippen LogP contribution in [0, 0.1) is 71.0 Å². The highest BCUT2D eigenvalue weighted by Crippen LogP contribution is 2.66. The molecule has 0 aromatic rings. The zero-order chi connectivity index (χ0) is 28.5. The molecule has 0 radical (unpaired) electrons. The summed E-state index contributed by atoms with van der Waals surface area (Å²) in [6, 6.07) is 0. The lowest BCUT2D eigenvalue weighted by Crippen LogP contribution is -2.75. The van der Waals surface area contributed by atoms with Crippen molar-refractivity contribution in [1.29, 1.82) is 0 Å². The maximum atomic E-state index is 6.49. The summed E-state index contributed by atoms with van der Waals surface area (Å²) in [4.78, 5) is 9.87. The fraction of sp³-hybridized carbons (Fsp3) is 0.976. The van der Waals surface area contributed by atoms with Crippen molar-refractivity contribution in [3.05, 3.63) is 0 Å². The van der Waals surface area contributed by atoms with Crippen LogP contribution in [0.2, 0.25) is 0 Å². The molecule has 1 N–H and O–H groups in total. The molecular formula is C41H61N3. The van der Waals surface area contributed by atoms with Gasteiger partial charge < -0.3 is 10.2 Å². The van der Waals surface area contributed by atoms with E-state index in [1.54, 1.807) is 83.0 Å². The number of nitrogens with zero attached hydrogens (tertiary/aromatic N) is 2. The van der Waals surface area contributed by atoms with Crippen molar-refractivity contribution in [2.75, 3.05) is 0 Å². The highest BCUT2D eigenvalue weighted by Gasteiger charge is 2.64. The molecule has 0 aromatic carbocycles. The minimum absolute atomic E-state index is 0.266. The summed E-state index contributed by atoms with van der Waals surface area (Å²) in [5, 5.41) is 4.76. The number of guanidine groups is 1. The Morgan fingerprint density at radius 3 is 0.977 bits per heavy atom. The molecular weight excluding hydrogens is 534 g/mol. The van der Waals surface area contributed by atoms with Gasteiger partial charge in [-0.3, -0.25) is 0 Å². The van der Waals surface area contributed by atoms with E-state index < -0.39 is 0 Å². The normalized spacial score (nSPS) is 61.8. The molecule has 0 unspecified atom stereocenters. The van der Waals surface area contributed by atoms with Gasteiger partial charge in [0.25, 0.3) is 0 Å². The minimum atomic E-state index is 0.266. The average Bonchev–Trinajstić information content (AvgIpc) is 2.89. The van der Waals surface area contributed by atoms with E-state index in [-0.39, 0.29) is 5.54 Å². The lowest BCUT2D eigenvalue weighted by Gasteiger charge is -2.70. The second-order valence-corrected chi connectivity index (χ2v) is 21.5. The third kappa shape index (κ3) is 3.77. The van der Waals surface area contributed by atoms with E-state index >= 15 is 0 Å². The van der Waals surface area contributed by atoms with Crippen LogP contribution in [-0.4, -0.2) is 33.0 Å². The van der Waals surface area contributed by atoms with Gasteiger partial charge in [0.05, 0.1) is 5.54 Å². The summed E-state index contributed by atoms with van der Waals surface area (Å²) < 4.78 is 0. The molecule has 0 amide bonds. The van der Waals surface area contributed by atoms with Crippen LogP contribution in [0.4, 0.5) is 0 Å². The molecule has 44 heavy (non-hydrogen) atoms. The molecule has 16 bridgehead atoms. The Morgan fingerprint density at radius 2 is 0.659 bits per heavy atom. The topological polar surface area (TPSA) is 27.6 Å². The zero-order valence-corrected chi connectivity index (χ0v) is 27.8. The van der Waals surface area contributed by atoms with Gasteiger partial charge in [0.15, 0.2) is 5.96 Å². The first-order chi connectivity index (χ1) is 21.4. The van der Waals surface area contributed by atoms with Gasteiger partial charge in [-0.25, -0.2) is 4.99 Å². The lowest BCUT2D eigenvalue weighted by molar-refractivity contribution is -0.149. The van der Waals surface area contributed by atoms with Gasteiger partial charge in [-0.15, -0.1) is 0 Å². The predicted molar refractivity (Wildman–Crippen MR) is 176 cm³/mol. The largest absolute Gasteiger partial charge is 0.351 e. The molecule has 16 fully saturated rings. The highest BCUT2D eigenvalue weighted by atomic mass is 15.4. The average molecular weight is 596 g/mol.